The van der Waals surface area contributed by atoms with Crippen LogP contribution in [0, 0.1) is 22.6 Å². The highest BCUT2D eigenvalue weighted by Crippen LogP contribution is 2.21. The molecule has 0 aromatic heterocycles. The Hall–Kier alpha value is -2.09. The lowest BCUT2D eigenvalue weighted by Crippen LogP contribution is -2.10. The molecular formula is C15H19FN2O2. The first kappa shape index (κ1) is 16.0. The van der Waals surface area contributed by atoms with Gasteiger partial charge in [0.2, 0.25) is 0 Å². The van der Waals surface area contributed by atoms with E-state index in [4.69, 9.17) is 15.7 Å². The third kappa shape index (κ3) is 4.88. The van der Waals surface area contributed by atoms with Crippen LogP contribution >= 0.6 is 0 Å². The van der Waals surface area contributed by atoms with Gasteiger partial charge in [-0.1, -0.05) is 0 Å². The summed E-state index contributed by atoms with van der Waals surface area (Å²) in [5.74, 6) is -1.20. The van der Waals surface area contributed by atoms with E-state index in [-0.39, 0.29) is 23.3 Å². The third-order valence-electron chi connectivity index (χ3n) is 2.97. The minimum atomic E-state index is -0.629. The summed E-state index contributed by atoms with van der Waals surface area (Å²) in [6.45, 7) is 4.00. The second-order valence-corrected chi connectivity index (χ2v) is 5.33. The summed E-state index contributed by atoms with van der Waals surface area (Å²) in [4.78, 5) is 11.6. The number of rotatable bonds is 6. The fraction of sp³-hybridized carbons (Fsp3) is 0.467. The van der Waals surface area contributed by atoms with E-state index in [1.54, 1.807) is 0 Å². The molecule has 0 aliphatic rings. The Balaban J connectivity index is 2.34. The Morgan fingerprint density at radius 2 is 2.15 bits per heavy atom. The van der Waals surface area contributed by atoms with Gasteiger partial charge in [-0.05, 0) is 51.3 Å². The molecular weight excluding hydrogens is 259 g/mol. The van der Waals surface area contributed by atoms with Crippen LogP contribution in [0.1, 0.15) is 43.5 Å². The Bertz CT molecular complexity index is 521. The van der Waals surface area contributed by atoms with Crippen molar-refractivity contribution < 1.29 is 13.9 Å². The Morgan fingerprint density at radius 3 is 2.75 bits per heavy atom. The van der Waals surface area contributed by atoms with Crippen molar-refractivity contribution in [1.29, 1.82) is 5.26 Å². The number of nitrogens with zero attached hydrogens (tertiary/aromatic N) is 1. The number of carbonyl (C=O) groups is 1. The topological polar surface area (TPSA) is 76.1 Å². The molecule has 5 heteroatoms. The summed E-state index contributed by atoms with van der Waals surface area (Å²) in [5.41, 5.74) is 5.12. The van der Waals surface area contributed by atoms with Crippen LogP contribution in [-0.2, 0) is 4.74 Å². The first-order valence-corrected chi connectivity index (χ1v) is 6.49. The van der Waals surface area contributed by atoms with Crippen LogP contribution in [0.25, 0.3) is 0 Å². The van der Waals surface area contributed by atoms with Gasteiger partial charge >= 0.3 is 5.97 Å². The lowest BCUT2D eigenvalue weighted by molar-refractivity contribution is 0.0495. The monoisotopic (exact) mass is 278 g/mol. The predicted octanol–water partition coefficient (Wildman–Crippen LogP) is 3.28. The summed E-state index contributed by atoms with van der Waals surface area (Å²) in [7, 11) is 0. The van der Waals surface area contributed by atoms with Crippen LogP contribution in [0.3, 0.4) is 0 Å². The lowest BCUT2D eigenvalue weighted by atomic mass is 9.89. The minimum absolute atomic E-state index is 0.000264. The average Bonchev–Trinajstić information content (AvgIpc) is 2.41. The number of anilines is 1. The lowest BCUT2D eigenvalue weighted by Gasteiger charge is -2.14. The van der Waals surface area contributed by atoms with Gasteiger partial charge in [-0.2, -0.15) is 5.26 Å². The molecule has 2 N–H and O–H groups in total. The molecule has 0 bridgehead atoms. The highest BCUT2D eigenvalue weighted by Gasteiger charge is 2.15. The standard InChI is InChI=1S/C15H19FN2O2/c1-15(2,10-17)7-3-4-8-20-14(19)11-5-6-13(18)12(16)9-11/h5-6,9H,3-4,7-8,18H2,1-2H3. The molecule has 1 aromatic carbocycles. The predicted molar refractivity (Wildman–Crippen MR) is 74.3 cm³/mol. The molecule has 1 aromatic rings. The number of nitrogens with two attached hydrogens (primary N) is 1. The zero-order valence-electron chi connectivity index (χ0n) is 11.8. The van der Waals surface area contributed by atoms with Gasteiger partial charge in [0.15, 0.2) is 0 Å². The number of nitrogen functional groups attached to an aromatic ring is 1. The fourth-order valence-corrected chi connectivity index (χ4v) is 1.63. The van der Waals surface area contributed by atoms with Crippen LogP contribution < -0.4 is 5.73 Å². The molecule has 108 valence electrons. The number of unbranched alkanes of at least 4 members (excludes halogenated alkanes) is 1. The number of benzene rings is 1. The van der Waals surface area contributed by atoms with Crippen molar-refractivity contribution in [3.05, 3.63) is 29.6 Å². The van der Waals surface area contributed by atoms with Gasteiger partial charge in [-0.25, -0.2) is 9.18 Å². The van der Waals surface area contributed by atoms with E-state index in [0.29, 0.717) is 6.42 Å². The first-order valence-electron chi connectivity index (χ1n) is 6.49. The summed E-state index contributed by atoms with van der Waals surface area (Å²) < 4.78 is 18.2. The minimum Gasteiger partial charge on any atom is -0.462 e. The number of nitriles is 1. The number of hydrogen-bond acceptors (Lipinski definition) is 4. The number of halogens is 1. The summed E-state index contributed by atoms with van der Waals surface area (Å²) in [5, 5.41) is 8.85. The molecule has 1 rings (SSSR count). The molecule has 20 heavy (non-hydrogen) atoms. The van der Waals surface area contributed by atoms with E-state index in [1.807, 2.05) is 13.8 Å². The fourth-order valence-electron chi connectivity index (χ4n) is 1.63. The van der Waals surface area contributed by atoms with Crippen LogP contribution in [0.5, 0.6) is 0 Å². The molecule has 0 aliphatic heterocycles. The Kier molecular flexibility index (Phi) is 5.51. The van der Waals surface area contributed by atoms with Crippen molar-refractivity contribution in [2.75, 3.05) is 12.3 Å². The second-order valence-electron chi connectivity index (χ2n) is 5.33. The van der Waals surface area contributed by atoms with Gasteiger partial charge in [0.1, 0.15) is 5.82 Å². The van der Waals surface area contributed by atoms with Crippen LogP contribution in [0.2, 0.25) is 0 Å². The van der Waals surface area contributed by atoms with Crippen molar-refractivity contribution in [3.8, 4) is 6.07 Å². The maximum Gasteiger partial charge on any atom is 0.338 e. The van der Waals surface area contributed by atoms with Crippen molar-refractivity contribution >= 4 is 11.7 Å². The normalized spacial score (nSPS) is 10.9. The zero-order chi connectivity index (χ0) is 15.2. The zero-order valence-corrected chi connectivity index (χ0v) is 11.8. The molecule has 0 radical (unpaired) electrons. The molecule has 0 fully saturated rings. The van der Waals surface area contributed by atoms with E-state index >= 15 is 0 Å². The molecule has 0 heterocycles. The number of carbonyl (C=O) groups excluding carboxylic acids is 1. The SMILES string of the molecule is CC(C)(C#N)CCCCOC(=O)c1ccc(N)c(F)c1. The molecule has 0 spiro atoms. The molecule has 0 unspecified atom stereocenters. The van der Waals surface area contributed by atoms with Crippen molar-refractivity contribution in [2.24, 2.45) is 5.41 Å². The number of ether oxygens (including phenoxy) is 1. The van der Waals surface area contributed by atoms with Gasteiger partial charge < -0.3 is 10.5 Å². The molecule has 0 amide bonds. The van der Waals surface area contributed by atoms with Crippen LogP contribution in [-0.4, -0.2) is 12.6 Å². The van der Waals surface area contributed by atoms with E-state index in [9.17, 15) is 9.18 Å². The van der Waals surface area contributed by atoms with Gasteiger partial charge in [-0.15, -0.1) is 0 Å². The molecule has 0 saturated heterocycles. The molecule has 0 atom stereocenters. The van der Waals surface area contributed by atoms with Gasteiger partial charge in [0.25, 0.3) is 0 Å². The Labute approximate surface area is 118 Å². The summed E-state index contributed by atoms with van der Waals surface area (Å²) >= 11 is 0. The van der Waals surface area contributed by atoms with Gasteiger partial charge in [0.05, 0.1) is 29.3 Å². The highest BCUT2D eigenvalue weighted by atomic mass is 19.1. The van der Waals surface area contributed by atoms with E-state index in [1.165, 1.54) is 12.1 Å². The van der Waals surface area contributed by atoms with Crippen LogP contribution in [0.15, 0.2) is 18.2 Å². The second kappa shape index (κ2) is 6.90. The van der Waals surface area contributed by atoms with E-state index in [2.05, 4.69) is 6.07 Å². The quantitative estimate of drug-likeness (QED) is 0.492. The Morgan fingerprint density at radius 1 is 1.45 bits per heavy atom. The number of hydrogen-bond donors (Lipinski definition) is 1. The van der Waals surface area contributed by atoms with E-state index < -0.39 is 11.8 Å². The first-order chi connectivity index (χ1) is 9.35. The number of esters is 1. The molecule has 0 saturated carbocycles. The average molecular weight is 278 g/mol. The van der Waals surface area contributed by atoms with E-state index in [0.717, 1.165) is 18.9 Å². The van der Waals surface area contributed by atoms with Crippen molar-refractivity contribution in [2.45, 2.75) is 33.1 Å². The smallest absolute Gasteiger partial charge is 0.338 e. The largest absolute Gasteiger partial charge is 0.462 e. The molecule has 4 nitrogen and oxygen atoms in total. The highest BCUT2D eigenvalue weighted by molar-refractivity contribution is 5.89. The maximum atomic E-state index is 13.2. The van der Waals surface area contributed by atoms with Gasteiger partial charge in [-0.3, -0.25) is 0 Å². The summed E-state index contributed by atoms with van der Waals surface area (Å²) in [6.07, 6.45) is 2.22. The third-order valence-corrected chi connectivity index (χ3v) is 2.97. The van der Waals surface area contributed by atoms with Crippen molar-refractivity contribution in [3.63, 3.8) is 0 Å². The van der Waals surface area contributed by atoms with Gasteiger partial charge in [0, 0.05) is 0 Å². The summed E-state index contributed by atoms with van der Waals surface area (Å²) in [6, 6.07) is 6.05. The maximum absolute atomic E-state index is 13.2. The molecule has 0 aliphatic carbocycles. The van der Waals surface area contributed by atoms with Crippen molar-refractivity contribution in [1.82, 2.24) is 0 Å². The van der Waals surface area contributed by atoms with Crippen LogP contribution in [0.4, 0.5) is 10.1 Å².